The molecule has 1 heterocycles. The van der Waals surface area contributed by atoms with Crippen molar-refractivity contribution in [2.45, 2.75) is 6.92 Å². The lowest BCUT2D eigenvalue weighted by Crippen LogP contribution is -2.15. The van der Waals surface area contributed by atoms with Crippen LogP contribution in [0.15, 0.2) is 36.5 Å². The quantitative estimate of drug-likeness (QED) is 0.818. The van der Waals surface area contributed by atoms with Crippen molar-refractivity contribution in [3.8, 4) is 11.8 Å². The van der Waals surface area contributed by atoms with Gasteiger partial charge in [0.1, 0.15) is 12.3 Å². The number of carbonyl (C=O) groups is 1. The molecular formula is C16H16N2O2. The molecule has 0 spiro atoms. The van der Waals surface area contributed by atoms with Gasteiger partial charge in [-0.15, -0.1) is 0 Å². The van der Waals surface area contributed by atoms with E-state index in [1.165, 1.54) is 0 Å². The number of aliphatic hydroxyl groups is 1. The maximum absolute atomic E-state index is 12.1. The highest BCUT2D eigenvalue weighted by Crippen LogP contribution is 2.15. The van der Waals surface area contributed by atoms with Crippen LogP contribution in [0.3, 0.4) is 0 Å². The topological polar surface area (TPSA) is 54.3 Å². The van der Waals surface area contributed by atoms with Crippen molar-refractivity contribution >= 4 is 11.6 Å². The number of benzene rings is 1. The number of aromatic nitrogens is 1. The molecule has 0 radical (unpaired) electrons. The number of carbonyl (C=O) groups excluding carboxylic acids is 1. The third-order valence-electron chi connectivity index (χ3n) is 2.97. The molecule has 2 aromatic rings. The standard InChI is InChI=1S/C16H16N2O2/c1-12-7-8-14(11-13(12)5-4-10-19)17-16(20)15-6-3-9-18(15)2/h3,6-9,11,19H,10H2,1-2H3,(H,17,20). The van der Waals surface area contributed by atoms with Gasteiger partial charge in [0.15, 0.2) is 0 Å². The molecule has 0 atom stereocenters. The Bertz CT molecular complexity index is 690. The smallest absolute Gasteiger partial charge is 0.272 e. The van der Waals surface area contributed by atoms with Crippen LogP contribution >= 0.6 is 0 Å². The van der Waals surface area contributed by atoms with Gasteiger partial charge >= 0.3 is 0 Å². The molecule has 0 aliphatic heterocycles. The van der Waals surface area contributed by atoms with E-state index in [0.717, 1.165) is 11.1 Å². The predicted octanol–water partition coefficient (Wildman–Crippen LogP) is 1.93. The normalized spacial score (nSPS) is 9.75. The lowest BCUT2D eigenvalue weighted by molar-refractivity contribution is 0.101. The van der Waals surface area contributed by atoms with Crippen LogP contribution in [-0.4, -0.2) is 22.2 Å². The van der Waals surface area contributed by atoms with Gasteiger partial charge in [-0.2, -0.15) is 0 Å². The van der Waals surface area contributed by atoms with E-state index in [1.807, 2.05) is 38.4 Å². The molecule has 4 nitrogen and oxygen atoms in total. The first-order valence-electron chi connectivity index (χ1n) is 6.25. The van der Waals surface area contributed by atoms with Gasteiger partial charge in [0.25, 0.3) is 5.91 Å². The summed E-state index contributed by atoms with van der Waals surface area (Å²) >= 11 is 0. The fraction of sp³-hybridized carbons (Fsp3) is 0.188. The van der Waals surface area contributed by atoms with Crippen molar-refractivity contribution in [2.75, 3.05) is 11.9 Å². The highest BCUT2D eigenvalue weighted by Gasteiger charge is 2.09. The average molecular weight is 268 g/mol. The maximum atomic E-state index is 12.1. The van der Waals surface area contributed by atoms with Crippen LogP contribution in [0.1, 0.15) is 21.6 Å². The van der Waals surface area contributed by atoms with Crippen LogP contribution in [0.2, 0.25) is 0 Å². The monoisotopic (exact) mass is 268 g/mol. The second-order valence-electron chi connectivity index (χ2n) is 4.45. The second-order valence-corrected chi connectivity index (χ2v) is 4.45. The fourth-order valence-electron chi connectivity index (χ4n) is 1.86. The van der Waals surface area contributed by atoms with E-state index < -0.39 is 0 Å². The number of nitrogens with zero attached hydrogens (tertiary/aromatic N) is 1. The molecule has 102 valence electrons. The molecule has 20 heavy (non-hydrogen) atoms. The zero-order chi connectivity index (χ0) is 14.5. The van der Waals surface area contributed by atoms with Gasteiger partial charge in [-0.3, -0.25) is 4.79 Å². The molecule has 2 N–H and O–H groups in total. The Morgan fingerprint density at radius 2 is 2.20 bits per heavy atom. The Balaban J connectivity index is 2.22. The molecule has 0 unspecified atom stereocenters. The number of anilines is 1. The Labute approximate surface area is 118 Å². The number of hydrogen-bond acceptors (Lipinski definition) is 2. The molecule has 0 bridgehead atoms. The third kappa shape index (κ3) is 3.08. The van der Waals surface area contributed by atoms with Crippen molar-refractivity contribution in [3.05, 3.63) is 53.3 Å². The van der Waals surface area contributed by atoms with Crippen LogP contribution in [0, 0.1) is 18.8 Å². The minimum atomic E-state index is -0.181. The highest BCUT2D eigenvalue weighted by molar-refractivity contribution is 6.03. The van der Waals surface area contributed by atoms with Crippen LogP contribution in [-0.2, 0) is 7.05 Å². The summed E-state index contributed by atoms with van der Waals surface area (Å²) in [5.41, 5.74) is 3.07. The molecule has 1 aromatic heterocycles. The number of rotatable bonds is 2. The molecule has 0 aliphatic carbocycles. The van der Waals surface area contributed by atoms with Crippen molar-refractivity contribution < 1.29 is 9.90 Å². The zero-order valence-corrected chi connectivity index (χ0v) is 11.5. The summed E-state index contributed by atoms with van der Waals surface area (Å²) in [6.07, 6.45) is 1.82. The first-order valence-corrected chi connectivity index (χ1v) is 6.25. The van der Waals surface area contributed by atoms with E-state index in [2.05, 4.69) is 17.2 Å². The SMILES string of the molecule is Cc1ccc(NC(=O)c2cccn2C)cc1C#CCO. The van der Waals surface area contributed by atoms with E-state index in [9.17, 15) is 4.79 Å². The van der Waals surface area contributed by atoms with Crippen LogP contribution in [0.4, 0.5) is 5.69 Å². The first kappa shape index (κ1) is 13.9. The summed E-state index contributed by atoms with van der Waals surface area (Å²) in [6, 6.07) is 9.11. The fourth-order valence-corrected chi connectivity index (χ4v) is 1.86. The van der Waals surface area contributed by atoms with Crippen LogP contribution in [0.5, 0.6) is 0 Å². The first-order chi connectivity index (χ1) is 9.61. The third-order valence-corrected chi connectivity index (χ3v) is 2.97. The van der Waals surface area contributed by atoms with E-state index in [0.29, 0.717) is 11.4 Å². The van der Waals surface area contributed by atoms with Gasteiger partial charge in [-0.05, 0) is 36.8 Å². The molecule has 1 aromatic carbocycles. The van der Waals surface area contributed by atoms with Gasteiger partial charge in [0, 0.05) is 24.5 Å². The molecule has 1 amide bonds. The number of amides is 1. The predicted molar refractivity (Wildman–Crippen MR) is 78.5 cm³/mol. The number of aryl methyl sites for hydroxylation is 2. The minimum Gasteiger partial charge on any atom is -0.384 e. The molecule has 4 heteroatoms. The Kier molecular flexibility index (Phi) is 4.24. The van der Waals surface area contributed by atoms with Gasteiger partial charge < -0.3 is 15.0 Å². The molecule has 2 rings (SSSR count). The lowest BCUT2D eigenvalue weighted by Gasteiger charge is -2.08. The summed E-state index contributed by atoms with van der Waals surface area (Å²) in [5.74, 6) is 5.31. The van der Waals surface area contributed by atoms with Crippen molar-refractivity contribution in [2.24, 2.45) is 7.05 Å². The summed E-state index contributed by atoms with van der Waals surface area (Å²) < 4.78 is 1.76. The number of hydrogen-bond donors (Lipinski definition) is 2. The zero-order valence-electron chi connectivity index (χ0n) is 11.5. The summed E-state index contributed by atoms with van der Waals surface area (Å²) in [6.45, 7) is 1.75. The maximum Gasteiger partial charge on any atom is 0.272 e. The minimum absolute atomic E-state index is 0.164. The van der Waals surface area contributed by atoms with Crippen molar-refractivity contribution in [1.82, 2.24) is 4.57 Å². The Morgan fingerprint density at radius 1 is 1.40 bits per heavy atom. The highest BCUT2D eigenvalue weighted by atomic mass is 16.2. The second kappa shape index (κ2) is 6.09. The lowest BCUT2D eigenvalue weighted by atomic mass is 10.1. The number of nitrogens with one attached hydrogen (secondary N) is 1. The van der Waals surface area contributed by atoms with Gasteiger partial charge in [-0.25, -0.2) is 0 Å². The van der Waals surface area contributed by atoms with E-state index in [4.69, 9.17) is 5.11 Å². The van der Waals surface area contributed by atoms with Gasteiger partial charge in [0.05, 0.1) is 0 Å². The summed E-state index contributed by atoms with van der Waals surface area (Å²) in [4.78, 5) is 12.1. The van der Waals surface area contributed by atoms with Crippen LogP contribution in [0.25, 0.3) is 0 Å². The van der Waals surface area contributed by atoms with Gasteiger partial charge in [-0.1, -0.05) is 17.9 Å². The Morgan fingerprint density at radius 3 is 2.85 bits per heavy atom. The van der Waals surface area contributed by atoms with Gasteiger partial charge in [0.2, 0.25) is 0 Å². The van der Waals surface area contributed by atoms with Crippen molar-refractivity contribution in [3.63, 3.8) is 0 Å². The van der Waals surface area contributed by atoms with Crippen molar-refractivity contribution in [1.29, 1.82) is 0 Å². The summed E-state index contributed by atoms with van der Waals surface area (Å²) in [7, 11) is 1.82. The Hall–Kier alpha value is -2.51. The molecule has 0 fully saturated rings. The number of aliphatic hydroxyl groups excluding tert-OH is 1. The summed E-state index contributed by atoms with van der Waals surface area (Å²) in [5, 5.41) is 11.6. The molecule has 0 aliphatic rings. The molecular weight excluding hydrogens is 252 g/mol. The molecule has 0 saturated heterocycles. The average Bonchev–Trinajstić information content (AvgIpc) is 2.85. The van der Waals surface area contributed by atoms with Crippen LogP contribution < -0.4 is 5.32 Å². The van der Waals surface area contributed by atoms with E-state index in [1.54, 1.807) is 16.7 Å². The molecule has 0 saturated carbocycles. The van der Waals surface area contributed by atoms with E-state index >= 15 is 0 Å². The largest absolute Gasteiger partial charge is 0.384 e. The van der Waals surface area contributed by atoms with E-state index in [-0.39, 0.29) is 12.5 Å².